The average Bonchev–Trinajstić information content (AvgIpc) is 2.37. The molecule has 0 aromatic heterocycles. The van der Waals surface area contributed by atoms with Crippen LogP contribution in [0.2, 0.25) is 0 Å². The smallest absolute Gasteiger partial charge is 0.328 e. The van der Waals surface area contributed by atoms with Crippen LogP contribution in [-0.4, -0.2) is 23.6 Å². The van der Waals surface area contributed by atoms with E-state index >= 15 is 0 Å². The lowest BCUT2D eigenvalue weighted by Gasteiger charge is -2.22. The van der Waals surface area contributed by atoms with Crippen LogP contribution in [0.15, 0.2) is 24.3 Å². The Morgan fingerprint density at radius 1 is 1.24 bits per heavy atom. The van der Waals surface area contributed by atoms with Gasteiger partial charge in [-0.2, -0.15) is 5.26 Å². The Balaban J connectivity index is 2.53. The van der Waals surface area contributed by atoms with Gasteiger partial charge in [-0.1, -0.05) is 0 Å². The summed E-state index contributed by atoms with van der Waals surface area (Å²) in [6.45, 7) is 6.82. The van der Waals surface area contributed by atoms with Crippen molar-refractivity contribution in [2.45, 2.75) is 39.3 Å². The zero-order chi connectivity index (χ0) is 16.0. The van der Waals surface area contributed by atoms with Crippen LogP contribution in [-0.2, 0) is 9.53 Å². The molecule has 0 radical (unpaired) electrons. The van der Waals surface area contributed by atoms with Crippen LogP contribution in [0.1, 0.15) is 33.3 Å². The van der Waals surface area contributed by atoms with E-state index in [1.165, 1.54) is 0 Å². The molecule has 1 aromatic rings. The molecule has 0 fully saturated rings. The van der Waals surface area contributed by atoms with Crippen molar-refractivity contribution in [3.63, 3.8) is 0 Å². The number of hydrogen-bond acceptors (Lipinski definition) is 4. The van der Waals surface area contributed by atoms with Gasteiger partial charge in [-0.3, -0.25) is 0 Å². The summed E-state index contributed by atoms with van der Waals surface area (Å²) in [6.07, 6.45) is 0. The van der Waals surface area contributed by atoms with E-state index in [2.05, 4.69) is 10.6 Å². The summed E-state index contributed by atoms with van der Waals surface area (Å²) < 4.78 is 5.16. The summed E-state index contributed by atoms with van der Waals surface area (Å²) in [5.74, 6) is -0.502. The first kappa shape index (κ1) is 16.5. The van der Waals surface area contributed by atoms with Gasteiger partial charge in [0.15, 0.2) is 0 Å². The first-order valence-electron chi connectivity index (χ1n) is 6.52. The fourth-order valence-corrected chi connectivity index (χ4v) is 1.44. The van der Waals surface area contributed by atoms with Crippen LogP contribution in [0, 0.1) is 11.3 Å². The molecule has 0 aliphatic carbocycles. The minimum absolute atomic E-state index is 0.502. The summed E-state index contributed by atoms with van der Waals surface area (Å²) in [4.78, 5) is 23.5. The molecule has 0 bridgehead atoms. The number of anilines is 1. The maximum absolute atomic E-state index is 11.8. The van der Waals surface area contributed by atoms with Crippen molar-refractivity contribution in [1.29, 1.82) is 5.26 Å². The third kappa shape index (κ3) is 5.95. The van der Waals surface area contributed by atoms with E-state index in [1.54, 1.807) is 52.0 Å². The molecule has 6 nitrogen and oxygen atoms in total. The van der Waals surface area contributed by atoms with Crippen molar-refractivity contribution in [2.24, 2.45) is 0 Å². The Hall–Kier alpha value is -2.55. The lowest BCUT2D eigenvalue weighted by Crippen LogP contribution is -2.43. The highest BCUT2D eigenvalue weighted by atomic mass is 16.6. The Kier molecular flexibility index (Phi) is 5.30. The van der Waals surface area contributed by atoms with Crippen molar-refractivity contribution in [3.8, 4) is 6.07 Å². The second kappa shape index (κ2) is 6.75. The van der Waals surface area contributed by atoms with Gasteiger partial charge in [0.2, 0.25) is 0 Å². The van der Waals surface area contributed by atoms with E-state index in [-0.39, 0.29) is 0 Å². The molecule has 0 heterocycles. The normalized spacial score (nSPS) is 12.0. The Labute approximate surface area is 124 Å². The highest BCUT2D eigenvalue weighted by molar-refractivity contribution is 5.92. The maximum atomic E-state index is 11.8. The lowest BCUT2D eigenvalue weighted by molar-refractivity contribution is -0.156. The zero-order valence-corrected chi connectivity index (χ0v) is 12.6. The monoisotopic (exact) mass is 289 g/mol. The second-order valence-electron chi connectivity index (χ2n) is 5.54. The SMILES string of the molecule is C[C@H](NC(=O)Nc1ccc(C#N)cc1)C(=O)OC(C)(C)C. The molecule has 0 saturated heterocycles. The molecule has 1 aromatic carbocycles. The Bertz CT molecular complexity index is 553. The summed E-state index contributed by atoms with van der Waals surface area (Å²) >= 11 is 0. The standard InChI is InChI=1S/C15H19N3O3/c1-10(13(19)21-15(2,3)4)17-14(20)18-12-7-5-11(9-16)6-8-12/h5-8,10H,1-4H3,(H2,17,18,20)/t10-/m0/s1. The van der Waals surface area contributed by atoms with E-state index in [4.69, 9.17) is 10.00 Å². The van der Waals surface area contributed by atoms with E-state index in [9.17, 15) is 9.59 Å². The van der Waals surface area contributed by atoms with Crippen molar-refractivity contribution in [2.75, 3.05) is 5.32 Å². The van der Waals surface area contributed by atoms with Gasteiger partial charge in [0.25, 0.3) is 0 Å². The Morgan fingerprint density at radius 3 is 2.29 bits per heavy atom. The van der Waals surface area contributed by atoms with Gasteiger partial charge in [0.1, 0.15) is 11.6 Å². The molecule has 112 valence electrons. The molecule has 2 N–H and O–H groups in total. The van der Waals surface area contributed by atoms with Gasteiger partial charge in [0, 0.05) is 5.69 Å². The predicted molar refractivity (Wildman–Crippen MR) is 78.6 cm³/mol. The number of ether oxygens (including phenoxy) is 1. The number of rotatable bonds is 3. The number of nitrogens with one attached hydrogen (secondary N) is 2. The molecular weight excluding hydrogens is 270 g/mol. The molecule has 21 heavy (non-hydrogen) atoms. The number of carbonyl (C=O) groups excluding carboxylic acids is 2. The molecule has 2 amide bonds. The number of carbonyl (C=O) groups is 2. The van der Waals surface area contributed by atoms with Crippen LogP contribution in [0.25, 0.3) is 0 Å². The topological polar surface area (TPSA) is 91.2 Å². The lowest BCUT2D eigenvalue weighted by atomic mass is 10.2. The quantitative estimate of drug-likeness (QED) is 0.836. The minimum Gasteiger partial charge on any atom is -0.458 e. The van der Waals surface area contributed by atoms with E-state index in [0.29, 0.717) is 11.3 Å². The van der Waals surface area contributed by atoms with Gasteiger partial charge in [-0.05, 0) is 52.0 Å². The number of benzene rings is 1. The first-order chi connectivity index (χ1) is 9.71. The van der Waals surface area contributed by atoms with Crippen molar-refractivity contribution in [3.05, 3.63) is 29.8 Å². The molecule has 0 saturated carbocycles. The van der Waals surface area contributed by atoms with E-state index in [0.717, 1.165) is 0 Å². The first-order valence-corrected chi connectivity index (χ1v) is 6.52. The third-order valence-electron chi connectivity index (χ3n) is 2.38. The molecule has 6 heteroatoms. The number of nitriles is 1. The number of esters is 1. The average molecular weight is 289 g/mol. The molecular formula is C15H19N3O3. The van der Waals surface area contributed by atoms with Gasteiger partial charge in [0.05, 0.1) is 11.6 Å². The van der Waals surface area contributed by atoms with Crippen LogP contribution in [0.3, 0.4) is 0 Å². The van der Waals surface area contributed by atoms with Gasteiger partial charge < -0.3 is 15.4 Å². The van der Waals surface area contributed by atoms with Crippen molar-refractivity contribution in [1.82, 2.24) is 5.32 Å². The fourth-order valence-electron chi connectivity index (χ4n) is 1.44. The van der Waals surface area contributed by atoms with Crippen LogP contribution in [0.4, 0.5) is 10.5 Å². The van der Waals surface area contributed by atoms with Crippen LogP contribution < -0.4 is 10.6 Å². The number of amides is 2. The maximum Gasteiger partial charge on any atom is 0.328 e. The highest BCUT2D eigenvalue weighted by Gasteiger charge is 2.22. The summed E-state index contributed by atoms with van der Waals surface area (Å²) in [6, 6.07) is 7.10. The highest BCUT2D eigenvalue weighted by Crippen LogP contribution is 2.10. The van der Waals surface area contributed by atoms with Crippen molar-refractivity contribution >= 4 is 17.7 Å². The number of urea groups is 1. The molecule has 1 rings (SSSR count). The van der Waals surface area contributed by atoms with Crippen molar-refractivity contribution < 1.29 is 14.3 Å². The molecule has 1 atom stereocenters. The summed E-state index contributed by atoms with van der Waals surface area (Å²) in [5.41, 5.74) is 0.433. The number of nitrogens with zero attached hydrogens (tertiary/aromatic N) is 1. The van der Waals surface area contributed by atoms with Crippen LogP contribution >= 0.6 is 0 Å². The van der Waals surface area contributed by atoms with Gasteiger partial charge in [-0.15, -0.1) is 0 Å². The third-order valence-corrected chi connectivity index (χ3v) is 2.38. The second-order valence-corrected chi connectivity index (χ2v) is 5.54. The fraction of sp³-hybridized carbons (Fsp3) is 0.400. The Morgan fingerprint density at radius 2 is 1.81 bits per heavy atom. The van der Waals surface area contributed by atoms with E-state index < -0.39 is 23.6 Å². The molecule has 0 spiro atoms. The van der Waals surface area contributed by atoms with Gasteiger partial charge in [-0.25, -0.2) is 9.59 Å². The molecule has 0 aliphatic heterocycles. The summed E-state index contributed by atoms with van der Waals surface area (Å²) in [7, 11) is 0. The zero-order valence-electron chi connectivity index (χ0n) is 12.6. The summed E-state index contributed by atoms with van der Waals surface area (Å²) in [5, 5.41) is 13.7. The number of hydrogen-bond donors (Lipinski definition) is 2. The largest absolute Gasteiger partial charge is 0.458 e. The molecule has 0 unspecified atom stereocenters. The van der Waals surface area contributed by atoms with Gasteiger partial charge >= 0.3 is 12.0 Å². The van der Waals surface area contributed by atoms with Crippen LogP contribution in [0.5, 0.6) is 0 Å². The van der Waals surface area contributed by atoms with E-state index in [1.807, 2.05) is 6.07 Å². The predicted octanol–water partition coefficient (Wildman–Crippen LogP) is 2.41. The minimum atomic E-state index is -0.761. The molecule has 0 aliphatic rings.